The molecule has 0 aromatic heterocycles. The van der Waals surface area contributed by atoms with Crippen molar-refractivity contribution in [3.8, 4) is 0 Å². The topological polar surface area (TPSA) is 67.8 Å². The average Bonchev–Trinajstić information content (AvgIpc) is 2.70. The standard InChI is InChI=1S/C12H23NO4/c1-2-17-12(15)9-16-7-6-13-8-10-4-3-5-11(10)14/h10-11,13-14H,2-9H2,1H3. The second-order valence-electron chi connectivity index (χ2n) is 4.32. The van der Waals surface area contributed by atoms with Gasteiger partial charge in [0.05, 0.1) is 19.3 Å². The average molecular weight is 245 g/mol. The van der Waals surface area contributed by atoms with E-state index in [-0.39, 0.29) is 18.7 Å². The van der Waals surface area contributed by atoms with E-state index in [1.54, 1.807) is 6.92 Å². The first-order valence-corrected chi connectivity index (χ1v) is 6.36. The molecule has 2 unspecified atom stereocenters. The Morgan fingerprint density at radius 3 is 2.94 bits per heavy atom. The van der Waals surface area contributed by atoms with Crippen LogP contribution in [0.2, 0.25) is 0 Å². The number of aliphatic hydroxyl groups is 1. The molecule has 1 saturated carbocycles. The lowest BCUT2D eigenvalue weighted by atomic mass is 10.1. The summed E-state index contributed by atoms with van der Waals surface area (Å²) >= 11 is 0. The number of hydrogen-bond donors (Lipinski definition) is 2. The molecule has 0 radical (unpaired) electrons. The highest BCUT2D eigenvalue weighted by molar-refractivity contribution is 5.70. The smallest absolute Gasteiger partial charge is 0.332 e. The molecular weight excluding hydrogens is 222 g/mol. The van der Waals surface area contributed by atoms with Gasteiger partial charge in [0.1, 0.15) is 6.61 Å². The third kappa shape index (κ3) is 6.00. The van der Waals surface area contributed by atoms with Crippen LogP contribution in [0.15, 0.2) is 0 Å². The number of ether oxygens (including phenoxy) is 2. The van der Waals surface area contributed by atoms with Crippen LogP contribution in [0.5, 0.6) is 0 Å². The summed E-state index contributed by atoms with van der Waals surface area (Å²) in [6.45, 7) is 4.18. The van der Waals surface area contributed by atoms with Crippen molar-refractivity contribution in [3.63, 3.8) is 0 Å². The minimum absolute atomic E-state index is 0.0154. The third-order valence-corrected chi connectivity index (χ3v) is 2.97. The molecular formula is C12H23NO4. The second kappa shape index (κ2) is 8.44. The van der Waals surface area contributed by atoms with Crippen molar-refractivity contribution < 1.29 is 19.4 Å². The van der Waals surface area contributed by atoms with E-state index in [1.165, 1.54) is 0 Å². The van der Waals surface area contributed by atoms with Crippen LogP contribution in [0.1, 0.15) is 26.2 Å². The van der Waals surface area contributed by atoms with E-state index < -0.39 is 0 Å². The van der Waals surface area contributed by atoms with Crippen molar-refractivity contribution in [1.29, 1.82) is 0 Å². The molecule has 0 aliphatic heterocycles. The highest BCUT2D eigenvalue weighted by atomic mass is 16.6. The number of carbonyl (C=O) groups excluding carboxylic acids is 1. The van der Waals surface area contributed by atoms with Crippen LogP contribution in [0.25, 0.3) is 0 Å². The maximum Gasteiger partial charge on any atom is 0.332 e. The fourth-order valence-corrected chi connectivity index (χ4v) is 2.05. The summed E-state index contributed by atoms with van der Waals surface area (Å²) in [5, 5.41) is 12.8. The summed E-state index contributed by atoms with van der Waals surface area (Å²) in [4.78, 5) is 10.9. The zero-order valence-corrected chi connectivity index (χ0v) is 10.5. The van der Waals surface area contributed by atoms with Gasteiger partial charge in [-0.15, -0.1) is 0 Å². The minimum atomic E-state index is -0.321. The zero-order chi connectivity index (χ0) is 12.5. The van der Waals surface area contributed by atoms with E-state index in [9.17, 15) is 9.90 Å². The number of esters is 1. The molecule has 5 heteroatoms. The van der Waals surface area contributed by atoms with Gasteiger partial charge in [-0.1, -0.05) is 6.42 Å². The van der Waals surface area contributed by atoms with Gasteiger partial charge in [-0.05, 0) is 25.7 Å². The maximum atomic E-state index is 10.9. The lowest BCUT2D eigenvalue weighted by molar-refractivity contribution is -0.148. The van der Waals surface area contributed by atoms with E-state index >= 15 is 0 Å². The normalized spacial score (nSPS) is 23.9. The van der Waals surface area contributed by atoms with Crippen molar-refractivity contribution >= 4 is 5.97 Å². The van der Waals surface area contributed by atoms with E-state index in [2.05, 4.69) is 5.32 Å². The Morgan fingerprint density at radius 2 is 2.29 bits per heavy atom. The van der Waals surface area contributed by atoms with Crippen LogP contribution in [-0.4, -0.2) is 50.1 Å². The van der Waals surface area contributed by atoms with Gasteiger partial charge < -0.3 is 19.9 Å². The Labute approximate surface area is 102 Å². The Balaban J connectivity index is 1.89. The molecule has 1 fully saturated rings. The van der Waals surface area contributed by atoms with Gasteiger partial charge in [0.15, 0.2) is 0 Å². The summed E-state index contributed by atoms with van der Waals surface area (Å²) in [7, 11) is 0. The molecule has 1 aliphatic carbocycles. The molecule has 2 atom stereocenters. The van der Waals surface area contributed by atoms with Crippen molar-refractivity contribution in [2.24, 2.45) is 5.92 Å². The largest absolute Gasteiger partial charge is 0.464 e. The van der Waals surface area contributed by atoms with Crippen molar-refractivity contribution in [2.75, 3.05) is 32.9 Å². The first-order chi connectivity index (χ1) is 8.24. The van der Waals surface area contributed by atoms with Crippen molar-refractivity contribution in [3.05, 3.63) is 0 Å². The van der Waals surface area contributed by atoms with Gasteiger partial charge in [-0.3, -0.25) is 0 Å². The molecule has 0 aromatic carbocycles. The van der Waals surface area contributed by atoms with Crippen LogP contribution in [0, 0.1) is 5.92 Å². The Kier molecular flexibility index (Phi) is 7.16. The third-order valence-electron chi connectivity index (χ3n) is 2.97. The SMILES string of the molecule is CCOC(=O)COCCNCC1CCCC1O. The van der Waals surface area contributed by atoms with Crippen LogP contribution in [-0.2, 0) is 14.3 Å². The van der Waals surface area contributed by atoms with E-state index in [0.717, 1.165) is 25.8 Å². The minimum Gasteiger partial charge on any atom is -0.464 e. The fourth-order valence-electron chi connectivity index (χ4n) is 2.05. The molecule has 5 nitrogen and oxygen atoms in total. The molecule has 0 spiro atoms. The Bertz CT molecular complexity index is 223. The predicted molar refractivity (Wildman–Crippen MR) is 63.7 cm³/mol. The number of nitrogens with one attached hydrogen (secondary N) is 1. The highest BCUT2D eigenvalue weighted by Gasteiger charge is 2.24. The number of hydrogen-bond acceptors (Lipinski definition) is 5. The zero-order valence-electron chi connectivity index (χ0n) is 10.5. The molecule has 0 aromatic rings. The van der Waals surface area contributed by atoms with Gasteiger partial charge in [0.2, 0.25) is 0 Å². The molecule has 2 N–H and O–H groups in total. The lowest BCUT2D eigenvalue weighted by Crippen LogP contribution is -2.30. The Hall–Kier alpha value is -0.650. The van der Waals surface area contributed by atoms with Gasteiger partial charge in [-0.2, -0.15) is 0 Å². The van der Waals surface area contributed by atoms with Crippen LogP contribution in [0.3, 0.4) is 0 Å². The van der Waals surface area contributed by atoms with Gasteiger partial charge in [-0.25, -0.2) is 4.79 Å². The monoisotopic (exact) mass is 245 g/mol. The van der Waals surface area contributed by atoms with Crippen LogP contribution in [0.4, 0.5) is 0 Å². The fraction of sp³-hybridized carbons (Fsp3) is 0.917. The van der Waals surface area contributed by atoms with Gasteiger partial charge >= 0.3 is 5.97 Å². The number of aliphatic hydroxyl groups excluding tert-OH is 1. The maximum absolute atomic E-state index is 10.9. The summed E-state index contributed by atoms with van der Waals surface area (Å²) in [5.41, 5.74) is 0. The molecule has 0 saturated heterocycles. The van der Waals surface area contributed by atoms with Crippen LogP contribution >= 0.6 is 0 Å². The van der Waals surface area contributed by atoms with E-state index in [0.29, 0.717) is 25.7 Å². The van der Waals surface area contributed by atoms with Gasteiger partial charge in [0.25, 0.3) is 0 Å². The summed E-state index contributed by atoms with van der Waals surface area (Å²) in [6.07, 6.45) is 2.99. The molecule has 1 aliphatic rings. The molecule has 0 heterocycles. The number of carbonyl (C=O) groups is 1. The van der Waals surface area contributed by atoms with Crippen molar-refractivity contribution in [1.82, 2.24) is 5.32 Å². The van der Waals surface area contributed by atoms with E-state index in [1.807, 2.05) is 0 Å². The van der Waals surface area contributed by atoms with E-state index in [4.69, 9.17) is 9.47 Å². The first-order valence-electron chi connectivity index (χ1n) is 6.36. The van der Waals surface area contributed by atoms with Crippen LogP contribution < -0.4 is 5.32 Å². The quantitative estimate of drug-likeness (QED) is 0.476. The highest BCUT2D eigenvalue weighted by Crippen LogP contribution is 2.24. The molecule has 1 rings (SSSR count). The number of rotatable bonds is 8. The summed E-state index contributed by atoms with van der Waals surface area (Å²) in [5.74, 6) is 0.0544. The molecule has 17 heavy (non-hydrogen) atoms. The Morgan fingerprint density at radius 1 is 1.47 bits per heavy atom. The summed E-state index contributed by atoms with van der Waals surface area (Å²) in [6, 6.07) is 0. The molecule has 0 bridgehead atoms. The predicted octanol–water partition coefficient (Wildman–Crippen LogP) is 0.317. The molecule has 100 valence electrons. The van der Waals surface area contributed by atoms with Gasteiger partial charge in [0, 0.05) is 13.1 Å². The summed E-state index contributed by atoms with van der Waals surface area (Å²) < 4.78 is 9.87. The lowest BCUT2D eigenvalue weighted by Gasteiger charge is -2.14. The second-order valence-corrected chi connectivity index (χ2v) is 4.32. The first kappa shape index (κ1) is 14.4. The molecule has 0 amide bonds. The van der Waals surface area contributed by atoms with Crippen molar-refractivity contribution in [2.45, 2.75) is 32.3 Å².